The fourth-order valence-electron chi connectivity index (χ4n) is 5.04. The minimum absolute atomic E-state index is 0.0494. The second kappa shape index (κ2) is 14.5. The molecule has 0 aromatic heterocycles. The molecule has 43 heavy (non-hydrogen) atoms. The minimum Gasteiger partial charge on any atom is -0.481 e. The van der Waals surface area contributed by atoms with Crippen molar-refractivity contribution in [3.05, 3.63) is 60.2 Å². The molecule has 2 aliphatic rings. The molecular formula is C28H39N2O11PS. The fraction of sp³-hybridized carbons (Fsp3) is 0.536. The minimum atomic E-state index is -4.36. The van der Waals surface area contributed by atoms with Crippen LogP contribution in [-0.2, 0) is 35.2 Å². The van der Waals surface area contributed by atoms with Crippen molar-refractivity contribution >= 4 is 23.7 Å². The third-order valence-corrected chi connectivity index (χ3v) is 9.44. The lowest BCUT2D eigenvalue weighted by Gasteiger charge is -2.31. The van der Waals surface area contributed by atoms with Crippen LogP contribution in [0.3, 0.4) is 0 Å². The van der Waals surface area contributed by atoms with Crippen LogP contribution in [0.5, 0.6) is 5.75 Å². The number of fused-ring (bicyclic) bond motifs is 1. The summed E-state index contributed by atoms with van der Waals surface area (Å²) in [6, 6.07) is 13.2. The van der Waals surface area contributed by atoms with E-state index in [0.29, 0.717) is 18.6 Å². The highest BCUT2D eigenvalue weighted by Crippen LogP contribution is 2.35. The Morgan fingerprint density at radius 2 is 1.79 bits per heavy atom. The second-order valence-electron chi connectivity index (χ2n) is 11.1. The zero-order chi connectivity index (χ0) is 31.2. The van der Waals surface area contributed by atoms with Crippen LogP contribution >= 0.6 is 7.60 Å². The van der Waals surface area contributed by atoms with Gasteiger partial charge in [-0.05, 0) is 48.6 Å². The Bertz CT molecular complexity index is 1350. The first kappa shape index (κ1) is 33.3. The van der Waals surface area contributed by atoms with Gasteiger partial charge in [-0.3, -0.25) is 4.57 Å². The average molecular weight is 643 g/mol. The molecule has 2 heterocycles. The Labute approximate surface area is 251 Å². The van der Waals surface area contributed by atoms with Gasteiger partial charge in [-0.2, -0.15) is 4.31 Å². The summed E-state index contributed by atoms with van der Waals surface area (Å²) in [6.45, 7) is 4.27. The molecule has 2 aromatic rings. The molecule has 2 fully saturated rings. The van der Waals surface area contributed by atoms with Crippen molar-refractivity contribution < 1.29 is 51.6 Å². The predicted molar refractivity (Wildman–Crippen MR) is 155 cm³/mol. The van der Waals surface area contributed by atoms with Crippen LogP contribution in [0, 0.1) is 11.8 Å². The van der Waals surface area contributed by atoms with Crippen molar-refractivity contribution in [3.8, 4) is 5.75 Å². The van der Waals surface area contributed by atoms with E-state index in [1.54, 1.807) is 30.3 Å². The number of rotatable bonds is 14. The Hall–Kier alpha value is -2.55. The van der Waals surface area contributed by atoms with Gasteiger partial charge in [0.2, 0.25) is 10.0 Å². The van der Waals surface area contributed by atoms with Crippen molar-refractivity contribution in [3.63, 3.8) is 0 Å². The summed E-state index contributed by atoms with van der Waals surface area (Å²) < 4.78 is 61.2. The largest absolute Gasteiger partial charge is 0.481 e. The van der Waals surface area contributed by atoms with E-state index in [2.05, 4.69) is 5.32 Å². The maximum absolute atomic E-state index is 13.5. The highest BCUT2D eigenvalue weighted by molar-refractivity contribution is 7.89. The number of carbonyl (C=O) groups is 1. The summed E-state index contributed by atoms with van der Waals surface area (Å²) in [5, 5.41) is 14.1. The summed E-state index contributed by atoms with van der Waals surface area (Å²) in [5.41, 5.74) is 0.641. The van der Waals surface area contributed by atoms with Gasteiger partial charge in [0, 0.05) is 13.1 Å². The molecule has 0 radical (unpaired) electrons. The molecule has 0 aliphatic carbocycles. The van der Waals surface area contributed by atoms with Gasteiger partial charge in [-0.25, -0.2) is 13.2 Å². The van der Waals surface area contributed by atoms with Gasteiger partial charge in [-0.1, -0.05) is 44.2 Å². The number of ether oxygens (including phenoxy) is 4. The Morgan fingerprint density at radius 1 is 1.09 bits per heavy atom. The van der Waals surface area contributed by atoms with Crippen molar-refractivity contribution in [1.82, 2.24) is 9.62 Å². The van der Waals surface area contributed by atoms with E-state index >= 15 is 0 Å². The summed E-state index contributed by atoms with van der Waals surface area (Å²) in [6.07, 6.45) is -3.06. The van der Waals surface area contributed by atoms with Gasteiger partial charge >= 0.3 is 13.7 Å². The van der Waals surface area contributed by atoms with Gasteiger partial charge in [0.15, 0.2) is 12.6 Å². The standard InChI is InChI=1S/C28H39N2O11PS/c1-19(2)15-30(43(36,37)22-6-4-3-5-7-22)16-25(31)24(14-20-8-10-21(11-9-20)40-18-42(33,34)35)29-28(32)41-26-17-39-27-23(26)12-13-38-27/h3-11,19,23-27,31H,12-18H2,1-2H3,(H,29,32)(H2,33,34,35)/t23-,24-,25+,26-,27+/m0/s1. The molecule has 1 amide bonds. The van der Waals surface area contributed by atoms with Crippen LogP contribution in [0.4, 0.5) is 4.79 Å². The van der Waals surface area contributed by atoms with Crippen molar-refractivity contribution in [2.45, 2.75) is 56.1 Å². The first-order valence-electron chi connectivity index (χ1n) is 14.0. The number of amides is 1. The molecule has 238 valence electrons. The summed E-state index contributed by atoms with van der Waals surface area (Å²) in [5.74, 6) is 0.0854. The zero-order valence-corrected chi connectivity index (χ0v) is 25.7. The third-order valence-electron chi connectivity index (χ3n) is 7.13. The second-order valence-corrected chi connectivity index (χ2v) is 14.6. The maximum atomic E-state index is 13.5. The number of hydrogen-bond acceptors (Lipinski definition) is 9. The molecule has 0 bridgehead atoms. The number of nitrogens with one attached hydrogen (secondary N) is 1. The molecule has 4 N–H and O–H groups in total. The molecule has 2 aliphatic heterocycles. The predicted octanol–water partition coefficient (Wildman–Crippen LogP) is 2.31. The van der Waals surface area contributed by atoms with E-state index < -0.39 is 54.6 Å². The van der Waals surface area contributed by atoms with Crippen LogP contribution in [0.15, 0.2) is 59.5 Å². The molecule has 2 aromatic carbocycles. The first-order valence-corrected chi connectivity index (χ1v) is 17.3. The normalized spacial score (nSPS) is 21.9. The van der Waals surface area contributed by atoms with E-state index in [1.807, 2.05) is 13.8 Å². The Kier molecular flexibility index (Phi) is 11.2. The topological polar surface area (TPSA) is 181 Å². The lowest BCUT2D eigenvalue weighted by atomic mass is 10.0. The van der Waals surface area contributed by atoms with E-state index in [-0.39, 0.29) is 48.6 Å². The molecule has 0 spiro atoms. The molecule has 5 atom stereocenters. The maximum Gasteiger partial charge on any atom is 0.407 e. The summed E-state index contributed by atoms with van der Waals surface area (Å²) in [4.78, 5) is 31.2. The fourth-order valence-corrected chi connectivity index (χ4v) is 7.00. The number of carbonyl (C=O) groups excluding carboxylic acids is 1. The smallest absolute Gasteiger partial charge is 0.407 e. The number of benzene rings is 2. The molecule has 0 saturated carbocycles. The number of aliphatic hydroxyl groups is 1. The number of nitrogens with zero attached hydrogens (tertiary/aromatic N) is 1. The molecule has 15 heteroatoms. The molecule has 4 rings (SSSR count). The monoisotopic (exact) mass is 642 g/mol. The third kappa shape index (κ3) is 9.47. The highest BCUT2D eigenvalue weighted by atomic mass is 32.2. The molecule has 0 unspecified atom stereocenters. The van der Waals surface area contributed by atoms with E-state index in [0.717, 1.165) is 0 Å². The lowest BCUT2D eigenvalue weighted by Crippen LogP contribution is -2.51. The van der Waals surface area contributed by atoms with Crippen LogP contribution in [0.2, 0.25) is 0 Å². The van der Waals surface area contributed by atoms with E-state index in [1.165, 1.54) is 28.6 Å². The lowest BCUT2D eigenvalue weighted by molar-refractivity contribution is -0.0907. The van der Waals surface area contributed by atoms with Crippen LogP contribution in [-0.4, -0.2) is 90.9 Å². The van der Waals surface area contributed by atoms with Crippen molar-refractivity contribution in [2.24, 2.45) is 11.8 Å². The van der Waals surface area contributed by atoms with Crippen LogP contribution in [0.25, 0.3) is 0 Å². The molecule has 2 saturated heterocycles. The SMILES string of the molecule is CC(C)CN(C[C@@H](O)[C@H](Cc1ccc(OCP(=O)(O)O)cc1)NC(=O)O[C@H]1CO[C@H]2OCC[C@H]21)S(=O)(=O)c1ccccc1. The van der Waals surface area contributed by atoms with Gasteiger partial charge in [0.25, 0.3) is 0 Å². The van der Waals surface area contributed by atoms with Crippen molar-refractivity contribution in [2.75, 3.05) is 32.7 Å². The molecule has 13 nitrogen and oxygen atoms in total. The van der Waals surface area contributed by atoms with E-state index in [4.69, 9.17) is 28.7 Å². The van der Waals surface area contributed by atoms with Gasteiger partial charge in [0.1, 0.15) is 11.9 Å². The number of sulfonamides is 1. The van der Waals surface area contributed by atoms with E-state index in [9.17, 15) is 22.9 Å². The molecular weight excluding hydrogens is 603 g/mol. The number of hydrogen-bond donors (Lipinski definition) is 4. The van der Waals surface area contributed by atoms with Crippen LogP contribution < -0.4 is 10.1 Å². The first-order chi connectivity index (χ1) is 20.3. The van der Waals surface area contributed by atoms with Crippen molar-refractivity contribution in [1.29, 1.82) is 0 Å². The Morgan fingerprint density at radius 3 is 2.44 bits per heavy atom. The van der Waals surface area contributed by atoms with Crippen LogP contribution in [0.1, 0.15) is 25.8 Å². The van der Waals surface area contributed by atoms with Gasteiger partial charge < -0.3 is 39.2 Å². The average Bonchev–Trinajstić information content (AvgIpc) is 3.57. The number of alkyl carbamates (subject to hydrolysis) is 1. The highest BCUT2D eigenvalue weighted by Gasteiger charge is 2.44. The summed E-state index contributed by atoms with van der Waals surface area (Å²) in [7, 11) is -8.32. The summed E-state index contributed by atoms with van der Waals surface area (Å²) >= 11 is 0. The van der Waals surface area contributed by atoms with Gasteiger partial charge in [0.05, 0.1) is 36.2 Å². The Balaban J connectivity index is 1.51. The quantitative estimate of drug-likeness (QED) is 0.222. The number of aliphatic hydroxyl groups excluding tert-OH is 1. The van der Waals surface area contributed by atoms with Gasteiger partial charge in [-0.15, -0.1) is 0 Å². The zero-order valence-electron chi connectivity index (χ0n) is 24.0.